The van der Waals surface area contributed by atoms with Crippen molar-refractivity contribution >= 4 is 0 Å². The highest BCUT2D eigenvalue weighted by molar-refractivity contribution is 5.17. The predicted molar refractivity (Wildman–Crippen MR) is 95.5 cm³/mol. The van der Waals surface area contributed by atoms with Gasteiger partial charge in [0.05, 0.1) is 11.9 Å². The SMILES string of the molecule is C[C@]12CCCCC1CC[C@@H]1[C@H]2CC[C@]2(C)C(c3cn[nH]n3)CC[C@@H]12. The van der Waals surface area contributed by atoms with E-state index in [1.54, 1.807) is 0 Å². The fourth-order valence-corrected chi connectivity index (χ4v) is 8.16. The number of aromatic nitrogens is 3. The van der Waals surface area contributed by atoms with E-state index in [0.29, 0.717) is 16.7 Å². The van der Waals surface area contributed by atoms with Crippen molar-refractivity contribution in [1.29, 1.82) is 0 Å². The Balaban J connectivity index is 1.45. The predicted octanol–water partition coefficient (Wildman–Crippen LogP) is 5.32. The van der Waals surface area contributed by atoms with E-state index < -0.39 is 0 Å². The molecule has 1 aromatic rings. The Labute approximate surface area is 146 Å². The molecule has 4 aliphatic carbocycles. The molecule has 4 saturated carbocycles. The Hall–Kier alpha value is -0.860. The van der Waals surface area contributed by atoms with Gasteiger partial charge in [-0.3, -0.25) is 0 Å². The molecule has 3 nitrogen and oxygen atoms in total. The summed E-state index contributed by atoms with van der Waals surface area (Å²) in [6.07, 6.45) is 16.7. The van der Waals surface area contributed by atoms with Gasteiger partial charge in [0.1, 0.15) is 0 Å². The smallest absolute Gasteiger partial charge is 0.0861 e. The molecule has 3 heteroatoms. The van der Waals surface area contributed by atoms with Gasteiger partial charge in [0.25, 0.3) is 0 Å². The summed E-state index contributed by atoms with van der Waals surface area (Å²) in [7, 11) is 0. The van der Waals surface area contributed by atoms with Crippen LogP contribution in [-0.2, 0) is 0 Å². The molecule has 4 fully saturated rings. The van der Waals surface area contributed by atoms with Crippen molar-refractivity contribution in [3.8, 4) is 0 Å². The lowest BCUT2D eigenvalue weighted by molar-refractivity contribution is -0.106. The highest BCUT2D eigenvalue weighted by atomic mass is 15.3. The van der Waals surface area contributed by atoms with Crippen LogP contribution in [0.15, 0.2) is 6.20 Å². The molecular weight excluding hydrogens is 294 g/mol. The van der Waals surface area contributed by atoms with Crippen LogP contribution in [0.5, 0.6) is 0 Å². The molecule has 0 aromatic carbocycles. The number of H-pyrrole nitrogens is 1. The first kappa shape index (κ1) is 15.4. The lowest BCUT2D eigenvalue weighted by atomic mass is 9.45. The first-order valence-electron chi connectivity index (χ1n) is 10.5. The van der Waals surface area contributed by atoms with Crippen LogP contribution in [0.25, 0.3) is 0 Å². The third kappa shape index (κ3) is 1.96. The van der Waals surface area contributed by atoms with E-state index in [1.165, 1.54) is 69.9 Å². The second-order valence-corrected chi connectivity index (χ2v) is 9.97. The van der Waals surface area contributed by atoms with Gasteiger partial charge in [-0.2, -0.15) is 15.4 Å². The summed E-state index contributed by atoms with van der Waals surface area (Å²) in [5.74, 6) is 4.59. The minimum atomic E-state index is 0.468. The number of aromatic amines is 1. The zero-order valence-corrected chi connectivity index (χ0v) is 15.4. The molecule has 0 aliphatic heterocycles. The largest absolute Gasteiger partial charge is 0.198 e. The van der Waals surface area contributed by atoms with E-state index in [-0.39, 0.29) is 0 Å². The van der Waals surface area contributed by atoms with E-state index in [4.69, 9.17) is 0 Å². The maximum atomic E-state index is 4.48. The number of rotatable bonds is 1. The quantitative estimate of drug-likeness (QED) is 0.758. The third-order valence-corrected chi connectivity index (χ3v) is 9.37. The minimum Gasteiger partial charge on any atom is -0.198 e. The molecule has 4 aliphatic rings. The average Bonchev–Trinajstić information content (AvgIpc) is 3.20. The van der Waals surface area contributed by atoms with Crippen LogP contribution >= 0.6 is 0 Å². The molecule has 24 heavy (non-hydrogen) atoms. The molecule has 0 amide bonds. The lowest BCUT2D eigenvalue weighted by Gasteiger charge is -2.60. The number of fused-ring (bicyclic) bond motifs is 5. The number of nitrogens with zero attached hydrogens (tertiary/aromatic N) is 2. The zero-order valence-electron chi connectivity index (χ0n) is 15.4. The molecule has 0 saturated heterocycles. The van der Waals surface area contributed by atoms with Crippen LogP contribution in [-0.4, -0.2) is 15.4 Å². The van der Waals surface area contributed by atoms with E-state index in [2.05, 4.69) is 29.3 Å². The van der Waals surface area contributed by atoms with E-state index in [1.807, 2.05) is 6.20 Å². The molecule has 2 unspecified atom stereocenters. The van der Waals surface area contributed by atoms with Gasteiger partial charge in [0.15, 0.2) is 0 Å². The van der Waals surface area contributed by atoms with Gasteiger partial charge in [-0.25, -0.2) is 0 Å². The monoisotopic (exact) mass is 327 g/mol. The molecule has 0 radical (unpaired) electrons. The van der Waals surface area contributed by atoms with Gasteiger partial charge in [-0.15, -0.1) is 0 Å². The number of hydrogen-bond acceptors (Lipinski definition) is 2. The molecule has 1 N–H and O–H groups in total. The fourth-order valence-electron chi connectivity index (χ4n) is 8.16. The standard InChI is InChI=1S/C21H33N3/c1-20-11-4-3-5-14(20)6-7-15-16-8-9-18(19-13-22-24-23-19)21(16,2)12-10-17(15)20/h13-18H,3-12H2,1-2H3,(H,22,23,24)/t14?,15-,16-,17+,18?,20-,21-/m0/s1. The maximum Gasteiger partial charge on any atom is 0.0861 e. The van der Waals surface area contributed by atoms with Crippen molar-refractivity contribution in [3.05, 3.63) is 11.9 Å². The van der Waals surface area contributed by atoms with E-state index >= 15 is 0 Å². The molecule has 132 valence electrons. The van der Waals surface area contributed by atoms with Gasteiger partial charge in [0.2, 0.25) is 0 Å². The molecule has 5 rings (SSSR count). The number of hydrogen-bond donors (Lipinski definition) is 1. The van der Waals surface area contributed by atoms with Crippen LogP contribution in [0, 0.1) is 34.5 Å². The molecule has 0 spiro atoms. The molecule has 1 heterocycles. The Bertz CT molecular complexity index is 596. The zero-order chi connectivity index (χ0) is 16.4. The van der Waals surface area contributed by atoms with Gasteiger partial charge >= 0.3 is 0 Å². The summed E-state index contributed by atoms with van der Waals surface area (Å²) in [5.41, 5.74) is 2.36. The van der Waals surface area contributed by atoms with Crippen LogP contribution in [0.2, 0.25) is 0 Å². The van der Waals surface area contributed by atoms with Gasteiger partial charge in [-0.1, -0.05) is 26.7 Å². The van der Waals surface area contributed by atoms with Crippen molar-refractivity contribution in [2.24, 2.45) is 34.5 Å². The summed E-state index contributed by atoms with van der Waals surface area (Å²) < 4.78 is 0. The van der Waals surface area contributed by atoms with Crippen molar-refractivity contribution in [3.63, 3.8) is 0 Å². The van der Waals surface area contributed by atoms with Crippen LogP contribution < -0.4 is 0 Å². The summed E-state index contributed by atoms with van der Waals surface area (Å²) >= 11 is 0. The highest BCUT2D eigenvalue weighted by Gasteiger charge is 2.60. The normalized spacial score (nSPS) is 50.8. The third-order valence-electron chi connectivity index (χ3n) is 9.37. The van der Waals surface area contributed by atoms with Crippen molar-refractivity contribution in [2.45, 2.75) is 84.0 Å². The minimum absolute atomic E-state index is 0.468. The van der Waals surface area contributed by atoms with Gasteiger partial charge < -0.3 is 0 Å². The summed E-state index contributed by atoms with van der Waals surface area (Å²) in [5, 5.41) is 11.4. The summed E-state index contributed by atoms with van der Waals surface area (Å²) in [6, 6.07) is 0. The molecule has 7 atom stereocenters. The average molecular weight is 328 g/mol. The topological polar surface area (TPSA) is 41.6 Å². The van der Waals surface area contributed by atoms with Crippen molar-refractivity contribution in [2.75, 3.05) is 0 Å². The Morgan fingerprint density at radius 3 is 2.62 bits per heavy atom. The van der Waals surface area contributed by atoms with Crippen molar-refractivity contribution in [1.82, 2.24) is 15.4 Å². The Morgan fingerprint density at radius 1 is 0.917 bits per heavy atom. The van der Waals surface area contributed by atoms with Gasteiger partial charge in [0, 0.05) is 5.92 Å². The van der Waals surface area contributed by atoms with E-state index in [9.17, 15) is 0 Å². The Morgan fingerprint density at radius 2 is 1.79 bits per heavy atom. The number of nitrogens with one attached hydrogen (secondary N) is 1. The second kappa shape index (κ2) is 5.32. The summed E-state index contributed by atoms with van der Waals surface area (Å²) in [6.45, 7) is 5.27. The Kier molecular flexibility index (Phi) is 3.41. The maximum absolute atomic E-state index is 4.48. The first-order chi connectivity index (χ1) is 11.6. The van der Waals surface area contributed by atoms with Crippen LogP contribution in [0.4, 0.5) is 0 Å². The highest BCUT2D eigenvalue weighted by Crippen LogP contribution is 2.68. The second-order valence-electron chi connectivity index (χ2n) is 9.97. The molecular formula is C21H33N3. The first-order valence-corrected chi connectivity index (χ1v) is 10.5. The van der Waals surface area contributed by atoms with Crippen molar-refractivity contribution < 1.29 is 0 Å². The lowest BCUT2D eigenvalue weighted by Crippen LogP contribution is -2.52. The van der Waals surface area contributed by atoms with Crippen LogP contribution in [0.3, 0.4) is 0 Å². The summed E-state index contributed by atoms with van der Waals surface area (Å²) in [4.78, 5) is 0. The van der Waals surface area contributed by atoms with E-state index in [0.717, 1.165) is 23.7 Å². The molecule has 0 bridgehead atoms. The fraction of sp³-hybridized carbons (Fsp3) is 0.905. The van der Waals surface area contributed by atoms with Crippen LogP contribution in [0.1, 0.15) is 89.7 Å². The molecule has 1 aromatic heterocycles. The van der Waals surface area contributed by atoms with Gasteiger partial charge in [-0.05, 0) is 85.9 Å².